The maximum atomic E-state index is 3.87. The highest BCUT2D eigenvalue weighted by atomic mass is 15.2. The van der Waals surface area contributed by atoms with Gasteiger partial charge < -0.3 is 5.32 Å². The average Bonchev–Trinajstić information content (AvgIpc) is 2.45. The highest BCUT2D eigenvalue weighted by Gasteiger charge is 2.40. The molecule has 2 rings (SSSR count). The molecule has 2 heteroatoms. The van der Waals surface area contributed by atoms with Crippen molar-refractivity contribution in [2.45, 2.75) is 84.2 Å². The van der Waals surface area contributed by atoms with E-state index in [-0.39, 0.29) is 0 Å². The number of hydrogen-bond acceptors (Lipinski definition) is 2. The van der Waals surface area contributed by atoms with Crippen molar-refractivity contribution in [2.75, 3.05) is 19.6 Å². The number of nitrogens with zero attached hydrogens (tertiary/aromatic N) is 1. The molecule has 2 aliphatic rings. The number of likely N-dealkylation sites (tertiary alicyclic amines) is 1. The van der Waals surface area contributed by atoms with Crippen molar-refractivity contribution in [1.29, 1.82) is 0 Å². The highest BCUT2D eigenvalue weighted by Crippen LogP contribution is 2.37. The van der Waals surface area contributed by atoms with Gasteiger partial charge in [0.2, 0.25) is 0 Å². The predicted octanol–water partition coefficient (Wildman–Crippen LogP) is 4.06. The average molecular weight is 280 g/mol. The molecule has 0 spiro atoms. The van der Waals surface area contributed by atoms with E-state index in [2.05, 4.69) is 37.9 Å². The largest absolute Gasteiger partial charge is 0.312 e. The highest BCUT2D eigenvalue weighted by molar-refractivity contribution is 4.99. The summed E-state index contributed by atoms with van der Waals surface area (Å²) >= 11 is 0. The molecule has 118 valence electrons. The Balaban J connectivity index is 2.08. The van der Waals surface area contributed by atoms with Crippen LogP contribution in [0.5, 0.6) is 0 Å². The predicted molar refractivity (Wildman–Crippen MR) is 88.1 cm³/mol. The molecule has 1 heterocycles. The molecule has 0 amide bonds. The molecule has 0 bridgehead atoms. The van der Waals surface area contributed by atoms with Gasteiger partial charge >= 0.3 is 0 Å². The van der Waals surface area contributed by atoms with Gasteiger partial charge in [0, 0.05) is 11.6 Å². The lowest BCUT2D eigenvalue weighted by atomic mass is 9.72. The number of likely N-dealkylation sites (N-methyl/N-ethyl adjacent to an activating group) is 1. The Bertz CT molecular complexity index is 281. The van der Waals surface area contributed by atoms with Gasteiger partial charge in [0.05, 0.1) is 0 Å². The normalized spacial score (nSPS) is 31.2. The van der Waals surface area contributed by atoms with E-state index in [9.17, 15) is 0 Å². The third-order valence-electron chi connectivity index (χ3n) is 5.80. The SMILES string of the molecule is CCNC(C1CCCC(C)C1)C(C)(C)N1CCCCC1. The second-order valence-corrected chi connectivity index (χ2v) is 7.77. The van der Waals surface area contributed by atoms with Gasteiger partial charge in [0.25, 0.3) is 0 Å². The first-order valence-corrected chi connectivity index (χ1v) is 9.04. The first-order valence-electron chi connectivity index (χ1n) is 9.04. The fraction of sp³-hybridized carbons (Fsp3) is 1.00. The minimum Gasteiger partial charge on any atom is -0.312 e. The molecule has 20 heavy (non-hydrogen) atoms. The summed E-state index contributed by atoms with van der Waals surface area (Å²) in [4.78, 5) is 2.77. The van der Waals surface area contributed by atoms with Crippen LogP contribution in [-0.4, -0.2) is 36.1 Å². The maximum Gasteiger partial charge on any atom is 0.0308 e. The van der Waals surface area contributed by atoms with E-state index < -0.39 is 0 Å². The number of nitrogens with one attached hydrogen (secondary N) is 1. The lowest BCUT2D eigenvalue weighted by Crippen LogP contribution is -2.62. The first kappa shape index (κ1) is 16.3. The summed E-state index contributed by atoms with van der Waals surface area (Å²) in [7, 11) is 0. The van der Waals surface area contributed by atoms with Crippen LogP contribution in [0.4, 0.5) is 0 Å². The molecule has 0 aromatic rings. The maximum absolute atomic E-state index is 3.87. The zero-order valence-electron chi connectivity index (χ0n) is 14.3. The summed E-state index contributed by atoms with van der Waals surface area (Å²) in [6.07, 6.45) is 9.95. The molecule has 3 atom stereocenters. The van der Waals surface area contributed by atoms with Crippen molar-refractivity contribution in [3.63, 3.8) is 0 Å². The van der Waals surface area contributed by atoms with Gasteiger partial charge in [-0.3, -0.25) is 4.90 Å². The van der Waals surface area contributed by atoms with E-state index in [0.717, 1.165) is 18.4 Å². The minimum atomic E-state index is 0.304. The van der Waals surface area contributed by atoms with E-state index in [1.54, 1.807) is 0 Å². The smallest absolute Gasteiger partial charge is 0.0308 e. The van der Waals surface area contributed by atoms with Crippen LogP contribution in [0.3, 0.4) is 0 Å². The standard InChI is InChI=1S/C18H36N2/c1-5-19-17(16-11-9-10-15(2)14-16)18(3,4)20-12-7-6-8-13-20/h15-17,19H,5-14H2,1-4H3. The topological polar surface area (TPSA) is 15.3 Å². The molecular weight excluding hydrogens is 244 g/mol. The molecule has 0 radical (unpaired) electrons. The number of hydrogen-bond donors (Lipinski definition) is 1. The van der Waals surface area contributed by atoms with Crippen LogP contribution in [0.1, 0.15) is 72.6 Å². The second-order valence-electron chi connectivity index (χ2n) is 7.77. The summed E-state index contributed by atoms with van der Waals surface area (Å²) in [5.41, 5.74) is 0.304. The Hall–Kier alpha value is -0.0800. The summed E-state index contributed by atoms with van der Waals surface area (Å²) < 4.78 is 0. The van der Waals surface area contributed by atoms with Crippen molar-refractivity contribution in [2.24, 2.45) is 11.8 Å². The van der Waals surface area contributed by atoms with Gasteiger partial charge in [-0.1, -0.05) is 33.1 Å². The third kappa shape index (κ3) is 3.76. The fourth-order valence-corrected chi connectivity index (χ4v) is 4.66. The molecule has 1 saturated carbocycles. The van der Waals surface area contributed by atoms with Crippen molar-refractivity contribution in [1.82, 2.24) is 10.2 Å². The van der Waals surface area contributed by atoms with Crippen LogP contribution < -0.4 is 5.32 Å². The van der Waals surface area contributed by atoms with Crippen LogP contribution in [0, 0.1) is 11.8 Å². The summed E-state index contributed by atoms with van der Waals surface area (Å²) in [6.45, 7) is 13.4. The molecule has 1 aliphatic carbocycles. The number of rotatable bonds is 5. The zero-order chi connectivity index (χ0) is 14.6. The van der Waals surface area contributed by atoms with Gasteiger partial charge in [0.15, 0.2) is 0 Å². The van der Waals surface area contributed by atoms with E-state index in [1.807, 2.05) is 0 Å². The van der Waals surface area contributed by atoms with Crippen molar-refractivity contribution in [3.05, 3.63) is 0 Å². The molecule has 1 saturated heterocycles. The Kier molecular flexibility index (Phi) is 5.92. The van der Waals surface area contributed by atoms with Gasteiger partial charge in [0.1, 0.15) is 0 Å². The fourth-order valence-electron chi connectivity index (χ4n) is 4.66. The molecule has 1 N–H and O–H groups in total. The van der Waals surface area contributed by atoms with Gasteiger partial charge in [-0.05, 0) is 71.0 Å². The number of piperidine rings is 1. The lowest BCUT2D eigenvalue weighted by molar-refractivity contribution is 0.0283. The molecule has 2 nitrogen and oxygen atoms in total. The van der Waals surface area contributed by atoms with Crippen molar-refractivity contribution < 1.29 is 0 Å². The van der Waals surface area contributed by atoms with Crippen molar-refractivity contribution in [3.8, 4) is 0 Å². The van der Waals surface area contributed by atoms with E-state index >= 15 is 0 Å². The zero-order valence-corrected chi connectivity index (χ0v) is 14.3. The Morgan fingerprint density at radius 1 is 1.10 bits per heavy atom. The Morgan fingerprint density at radius 3 is 2.40 bits per heavy atom. The van der Waals surface area contributed by atoms with Crippen LogP contribution in [0.2, 0.25) is 0 Å². The quantitative estimate of drug-likeness (QED) is 0.817. The van der Waals surface area contributed by atoms with Gasteiger partial charge in [-0.15, -0.1) is 0 Å². The molecule has 0 aromatic carbocycles. The summed E-state index contributed by atoms with van der Waals surface area (Å²) in [6, 6.07) is 0.661. The third-order valence-corrected chi connectivity index (χ3v) is 5.80. The molecule has 1 aliphatic heterocycles. The van der Waals surface area contributed by atoms with E-state index in [4.69, 9.17) is 0 Å². The minimum absolute atomic E-state index is 0.304. The van der Waals surface area contributed by atoms with Crippen LogP contribution in [-0.2, 0) is 0 Å². The van der Waals surface area contributed by atoms with Crippen LogP contribution >= 0.6 is 0 Å². The summed E-state index contributed by atoms with van der Waals surface area (Å²) in [5, 5.41) is 3.87. The van der Waals surface area contributed by atoms with E-state index in [0.29, 0.717) is 11.6 Å². The Labute approximate surface area is 126 Å². The molecule has 3 unspecified atom stereocenters. The van der Waals surface area contributed by atoms with Gasteiger partial charge in [-0.2, -0.15) is 0 Å². The molecule has 2 fully saturated rings. The lowest BCUT2D eigenvalue weighted by Gasteiger charge is -2.50. The van der Waals surface area contributed by atoms with Gasteiger partial charge in [-0.25, -0.2) is 0 Å². The molecular formula is C18H36N2. The van der Waals surface area contributed by atoms with E-state index in [1.165, 1.54) is 58.0 Å². The first-order chi connectivity index (χ1) is 9.55. The van der Waals surface area contributed by atoms with Crippen LogP contribution in [0.15, 0.2) is 0 Å². The Morgan fingerprint density at radius 2 is 1.80 bits per heavy atom. The second kappa shape index (κ2) is 7.26. The van der Waals surface area contributed by atoms with Crippen LogP contribution in [0.25, 0.3) is 0 Å². The summed E-state index contributed by atoms with van der Waals surface area (Å²) in [5.74, 6) is 1.79. The molecule has 0 aromatic heterocycles. The van der Waals surface area contributed by atoms with Crippen molar-refractivity contribution >= 4 is 0 Å². The monoisotopic (exact) mass is 280 g/mol.